The van der Waals surface area contributed by atoms with Crippen molar-refractivity contribution < 1.29 is 14.3 Å². The van der Waals surface area contributed by atoms with Crippen LogP contribution in [0.1, 0.15) is 18.1 Å². The van der Waals surface area contributed by atoms with E-state index < -0.39 is 0 Å². The molecule has 0 unspecified atom stereocenters. The minimum atomic E-state index is -0.238. The second-order valence-electron chi connectivity index (χ2n) is 5.34. The quantitative estimate of drug-likeness (QED) is 0.890. The highest BCUT2D eigenvalue weighted by atomic mass is 16.5. The Hall–Kier alpha value is -2.82. The number of amides is 2. The van der Waals surface area contributed by atoms with Crippen molar-refractivity contribution in [3.05, 3.63) is 53.6 Å². The van der Waals surface area contributed by atoms with Gasteiger partial charge in [-0.3, -0.25) is 9.59 Å². The lowest BCUT2D eigenvalue weighted by molar-refractivity contribution is -0.118. The van der Waals surface area contributed by atoms with Crippen LogP contribution in [-0.4, -0.2) is 18.4 Å². The minimum Gasteiger partial charge on any atom is -0.484 e. The van der Waals surface area contributed by atoms with Gasteiger partial charge in [-0.1, -0.05) is 12.1 Å². The van der Waals surface area contributed by atoms with Crippen LogP contribution in [-0.2, 0) is 9.59 Å². The summed E-state index contributed by atoms with van der Waals surface area (Å²) in [5, 5.41) is 5.46. The normalized spacial score (nSPS) is 10.0. The molecule has 0 spiro atoms. The first-order chi connectivity index (χ1) is 10.9. The lowest BCUT2D eigenvalue weighted by Gasteiger charge is -2.10. The number of rotatable bonds is 5. The predicted molar refractivity (Wildman–Crippen MR) is 90.8 cm³/mol. The van der Waals surface area contributed by atoms with Gasteiger partial charge in [-0.25, -0.2) is 0 Å². The summed E-state index contributed by atoms with van der Waals surface area (Å²) in [6.45, 7) is 5.35. The van der Waals surface area contributed by atoms with Crippen LogP contribution in [0.3, 0.4) is 0 Å². The van der Waals surface area contributed by atoms with Gasteiger partial charge in [0, 0.05) is 24.4 Å². The summed E-state index contributed by atoms with van der Waals surface area (Å²) < 4.78 is 5.45. The fourth-order valence-corrected chi connectivity index (χ4v) is 2.03. The smallest absolute Gasteiger partial charge is 0.262 e. The van der Waals surface area contributed by atoms with Gasteiger partial charge in [0.2, 0.25) is 5.91 Å². The highest BCUT2D eigenvalue weighted by Gasteiger charge is 2.05. The first-order valence-corrected chi connectivity index (χ1v) is 7.31. The SMILES string of the molecule is CC(=O)Nc1cccc(OCC(=O)Nc2ccc(C)c(C)c2)c1. The molecule has 23 heavy (non-hydrogen) atoms. The molecule has 2 aromatic carbocycles. The van der Waals surface area contributed by atoms with Crippen molar-refractivity contribution in [2.75, 3.05) is 17.2 Å². The van der Waals surface area contributed by atoms with Gasteiger partial charge in [-0.05, 0) is 49.2 Å². The summed E-state index contributed by atoms with van der Waals surface area (Å²) in [7, 11) is 0. The molecule has 2 amide bonds. The van der Waals surface area contributed by atoms with E-state index in [1.54, 1.807) is 24.3 Å². The summed E-state index contributed by atoms with van der Waals surface area (Å²) in [4.78, 5) is 23.0. The number of nitrogens with one attached hydrogen (secondary N) is 2. The molecule has 0 aliphatic carbocycles. The summed E-state index contributed by atoms with van der Waals surface area (Å²) >= 11 is 0. The van der Waals surface area contributed by atoms with E-state index in [1.807, 2.05) is 32.0 Å². The Bertz CT molecular complexity index is 726. The number of carbonyl (C=O) groups is 2. The third kappa shape index (κ3) is 5.14. The minimum absolute atomic E-state index is 0.101. The standard InChI is InChI=1S/C18H20N2O3/c1-12-7-8-16(9-13(12)2)20-18(22)11-23-17-6-4-5-15(10-17)19-14(3)21/h4-10H,11H2,1-3H3,(H,19,21)(H,20,22). The number of anilines is 2. The molecule has 0 bridgehead atoms. The third-order valence-corrected chi connectivity index (χ3v) is 3.31. The van der Waals surface area contributed by atoms with Crippen molar-refractivity contribution in [2.45, 2.75) is 20.8 Å². The van der Waals surface area contributed by atoms with Crippen molar-refractivity contribution in [1.29, 1.82) is 0 Å². The maximum absolute atomic E-state index is 11.9. The molecule has 0 aromatic heterocycles. The predicted octanol–water partition coefficient (Wildman–Crippen LogP) is 3.28. The molecule has 5 nitrogen and oxygen atoms in total. The summed E-state index contributed by atoms with van der Waals surface area (Å²) in [6, 6.07) is 12.6. The molecule has 0 radical (unpaired) electrons. The maximum Gasteiger partial charge on any atom is 0.262 e. The van der Waals surface area contributed by atoms with E-state index in [0.717, 1.165) is 11.3 Å². The third-order valence-electron chi connectivity index (χ3n) is 3.31. The summed E-state index contributed by atoms with van der Waals surface area (Å²) in [5.41, 5.74) is 3.67. The average Bonchev–Trinajstić information content (AvgIpc) is 2.49. The molecule has 2 aromatic rings. The van der Waals surface area contributed by atoms with Crippen molar-refractivity contribution in [3.63, 3.8) is 0 Å². The van der Waals surface area contributed by atoms with E-state index in [9.17, 15) is 9.59 Å². The Morgan fingerprint density at radius 2 is 1.70 bits per heavy atom. The second-order valence-corrected chi connectivity index (χ2v) is 5.34. The Kier molecular flexibility index (Phi) is 5.36. The zero-order valence-electron chi connectivity index (χ0n) is 13.5. The first-order valence-electron chi connectivity index (χ1n) is 7.31. The van der Waals surface area contributed by atoms with E-state index in [0.29, 0.717) is 11.4 Å². The van der Waals surface area contributed by atoms with Crippen molar-refractivity contribution in [2.24, 2.45) is 0 Å². The summed E-state index contributed by atoms with van der Waals surface area (Å²) in [5.74, 6) is 0.124. The lowest BCUT2D eigenvalue weighted by atomic mass is 10.1. The van der Waals surface area contributed by atoms with Crippen LogP contribution in [0.15, 0.2) is 42.5 Å². The number of carbonyl (C=O) groups excluding carboxylic acids is 2. The Morgan fingerprint density at radius 3 is 2.39 bits per heavy atom. The van der Waals surface area contributed by atoms with Crippen LogP contribution < -0.4 is 15.4 Å². The topological polar surface area (TPSA) is 67.4 Å². The van der Waals surface area contributed by atoms with E-state index in [4.69, 9.17) is 4.74 Å². The van der Waals surface area contributed by atoms with Crippen LogP contribution >= 0.6 is 0 Å². The van der Waals surface area contributed by atoms with Crippen LogP contribution in [0.25, 0.3) is 0 Å². The zero-order valence-corrected chi connectivity index (χ0v) is 13.5. The maximum atomic E-state index is 11.9. The monoisotopic (exact) mass is 312 g/mol. The van der Waals surface area contributed by atoms with Crippen molar-refractivity contribution in [3.8, 4) is 5.75 Å². The largest absolute Gasteiger partial charge is 0.484 e. The molecule has 0 saturated carbocycles. The Labute approximate surface area is 135 Å². The van der Waals surface area contributed by atoms with Gasteiger partial charge in [0.05, 0.1) is 0 Å². The number of aryl methyl sites for hydroxylation is 2. The van der Waals surface area contributed by atoms with Gasteiger partial charge >= 0.3 is 0 Å². The molecule has 0 aliphatic heterocycles. The van der Waals surface area contributed by atoms with Gasteiger partial charge < -0.3 is 15.4 Å². The Morgan fingerprint density at radius 1 is 0.957 bits per heavy atom. The molecule has 5 heteroatoms. The van der Waals surface area contributed by atoms with E-state index in [2.05, 4.69) is 10.6 Å². The van der Waals surface area contributed by atoms with E-state index in [-0.39, 0.29) is 18.4 Å². The molecular formula is C18H20N2O3. The van der Waals surface area contributed by atoms with Gasteiger partial charge in [-0.15, -0.1) is 0 Å². The summed E-state index contributed by atoms with van der Waals surface area (Å²) in [6.07, 6.45) is 0. The number of hydrogen-bond acceptors (Lipinski definition) is 3. The molecule has 0 heterocycles. The highest BCUT2D eigenvalue weighted by molar-refractivity contribution is 5.92. The fourth-order valence-electron chi connectivity index (χ4n) is 2.03. The first kappa shape index (κ1) is 16.5. The molecule has 2 N–H and O–H groups in total. The molecule has 120 valence electrons. The van der Waals surface area contributed by atoms with Gasteiger partial charge in [0.25, 0.3) is 5.91 Å². The van der Waals surface area contributed by atoms with Crippen LogP contribution in [0.2, 0.25) is 0 Å². The van der Waals surface area contributed by atoms with Gasteiger partial charge in [0.15, 0.2) is 6.61 Å². The Balaban J connectivity index is 1.91. The van der Waals surface area contributed by atoms with Crippen molar-refractivity contribution in [1.82, 2.24) is 0 Å². The molecule has 0 aliphatic rings. The molecule has 0 saturated heterocycles. The lowest BCUT2D eigenvalue weighted by Crippen LogP contribution is -2.20. The molecular weight excluding hydrogens is 292 g/mol. The van der Waals surface area contributed by atoms with E-state index in [1.165, 1.54) is 12.5 Å². The fraction of sp³-hybridized carbons (Fsp3) is 0.222. The van der Waals surface area contributed by atoms with Crippen molar-refractivity contribution >= 4 is 23.2 Å². The second kappa shape index (κ2) is 7.45. The van der Waals surface area contributed by atoms with Crippen LogP contribution in [0, 0.1) is 13.8 Å². The number of ether oxygens (including phenoxy) is 1. The van der Waals surface area contributed by atoms with Gasteiger partial charge in [-0.2, -0.15) is 0 Å². The molecule has 0 atom stereocenters. The van der Waals surface area contributed by atoms with Crippen LogP contribution in [0.4, 0.5) is 11.4 Å². The zero-order chi connectivity index (χ0) is 16.8. The number of hydrogen-bond donors (Lipinski definition) is 2. The molecule has 2 rings (SSSR count). The molecule has 0 fully saturated rings. The van der Waals surface area contributed by atoms with Gasteiger partial charge in [0.1, 0.15) is 5.75 Å². The number of benzene rings is 2. The van der Waals surface area contributed by atoms with E-state index >= 15 is 0 Å². The van der Waals surface area contributed by atoms with Crippen LogP contribution in [0.5, 0.6) is 5.75 Å². The highest BCUT2D eigenvalue weighted by Crippen LogP contribution is 2.18. The average molecular weight is 312 g/mol.